The molecule has 1 rings (SSSR count). The van der Waals surface area contributed by atoms with E-state index in [4.69, 9.17) is 9.47 Å². The van der Waals surface area contributed by atoms with Gasteiger partial charge in [-0.15, -0.1) is 0 Å². The smallest absolute Gasteiger partial charge is 0.157 e. The molecule has 1 saturated heterocycles. The molecule has 0 aromatic heterocycles. The van der Waals surface area contributed by atoms with Gasteiger partial charge >= 0.3 is 0 Å². The minimum Gasteiger partial charge on any atom is -0.389 e. The van der Waals surface area contributed by atoms with Crippen molar-refractivity contribution in [1.29, 1.82) is 0 Å². The molecule has 0 bridgehead atoms. The normalized spacial score (nSPS) is 22.7. The predicted molar refractivity (Wildman–Crippen MR) is 63.3 cm³/mol. The maximum absolute atomic E-state index is 9.63. The summed E-state index contributed by atoms with van der Waals surface area (Å²) in [7, 11) is 1.99. The number of hydrogen-bond acceptors (Lipinski definition) is 4. The molecule has 4 heteroatoms. The first kappa shape index (κ1) is 13.9. The molecule has 1 unspecified atom stereocenters. The highest BCUT2D eigenvalue weighted by Gasteiger charge is 2.17. The van der Waals surface area contributed by atoms with Gasteiger partial charge in [-0.25, -0.2) is 0 Å². The van der Waals surface area contributed by atoms with Crippen molar-refractivity contribution in [2.45, 2.75) is 45.0 Å². The summed E-state index contributed by atoms with van der Waals surface area (Å²) in [6, 6.07) is 0. The van der Waals surface area contributed by atoms with Crippen molar-refractivity contribution in [2.75, 3.05) is 33.4 Å². The van der Waals surface area contributed by atoms with Crippen molar-refractivity contribution in [1.82, 2.24) is 4.90 Å². The fourth-order valence-corrected chi connectivity index (χ4v) is 1.92. The Hall–Kier alpha value is -0.160. The molecule has 0 saturated carbocycles. The Morgan fingerprint density at radius 2 is 2.19 bits per heavy atom. The second-order valence-corrected chi connectivity index (χ2v) is 5.22. The molecule has 0 aliphatic carbocycles. The molecule has 0 radical (unpaired) electrons. The Kier molecular flexibility index (Phi) is 5.69. The van der Waals surface area contributed by atoms with Crippen LogP contribution >= 0.6 is 0 Å². The zero-order valence-corrected chi connectivity index (χ0v) is 10.7. The molecule has 1 aliphatic rings. The van der Waals surface area contributed by atoms with Crippen LogP contribution in [0.1, 0.15) is 33.1 Å². The Balaban J connectivity index is 2.05. The standard InChI is InChI=1S/C12H25NO3/c1-12(2,14)10-13(3)7-9-16-11-6-4-5-8-15-11/h11,14H,4-10H2,1-3H3. The molecule has 0 amide bonds. The molecule has 0 spiro atoms. The minimum absolute atomic E-state index is 0.00992. The van der Waals surface area contributed by atoms with Crippen LogP contribution in [-0.2, 0) is 9.47 Å². The Morgan fingerprint density at radius 1 is 1.44 bits per heavy atom. The first-order valence-electron chi connectivity index (χ1n) is 6.11. The van der Waals surface area contributed by atoms with Gasteiger partial charge in [-0.1, -0.05) is 0 Å². The first-order chi connectivity index (χ1) is 7.47. The van der Waals surface area contributed by atoms with E-state index in [1.54, 1.807) is 0 Å². The third-order valence-corrected chi connectivity index (χ3v) is 2.57. The first-order valence-corrected chi connectivity index (χ1v) is 6.11. The molecular formula is C12H25NO3. The van der Waals surface area contributed by atoms with Gasteiger partial charge in [0, 0.05) is 19.7 Å². The van der Waals surface area contributed by atoms with Gasteiger partial charge in [-0.2, -0.15) is 0 Å². The van der Waals surface area contributed by atoms with Crippen molar-refractivity contribution in [3.8, 4) is 0 Å². The van der Waals surface area contributed by atoms with Crippen molar-refractivity contribution >= 4 is 0 Å². The number of ether oxygens (including phenoxy) is 2. The van der Waals surface area contributed by atoms with Crippen LogP contribution in [0.25, 0.3) is 0 Å². The number of aliphatic hydroxyl groups is 1. The summed E-state index contributed by atoms with van der Waals surface area (Å²) >= 11 is 0. The van der Waals surface area contributed by atoms with Gasteiger partial charge in [0.25, 0.3) is 0 Å². The fourth-order valence-electron chi connectivity index (χ4n) is 1.92. The van der Waals surface area contributed by atoms with Crippen LogP contribution < -0.4 is 0 Å². The van der Waals surface area contributed by atoms with E-state index in [-0.39, 0.29) is 6.29 Å². The van der Waals surface area contributed by atoms with Gasteiger partial charge in [0.15, 0.2) is 6.29 Å². The Bertz CT molecular complexity index is 185. The molecule has 96 valence electrons. The lowest BCUT2D eigenvalue weighted by molar-refractivity contribution is -0.164. The Labute approximate surface area is 98.5 Å². The van der Waals surface area contributed by atoms with Crippen LogP contribution in [0, 0.1) is 0 Å². The number of hydrogen-bond donors (Lipinski definition) is 1. The average Bonchev–Trinajstić information content (AvgIpc) is 2.16. The van der Waals surface area contributed by atoms with Crippen molar-refractivity contribution in [2.24, 2.45) is 0 Å². The monoisotopic (exact) mass is 231 g/mol. The zero-order chi connectivity index (χ0) is 12.0. The second kappa shape index (κ2) is 6.55. The summed E-state index contributed by atoms with van der Waals surface area (Å²) in [5.74, 6) is 0. The molecule has 1 aliphatic heterocycles. The topological polar surface area (TPSA) is 41.9 Å². The van der Waals surface area contributed by atoms with Gasteiger partial charge in [-0.05, 0) is 40.2 Å². The van der Waals surface area contributed by atoms with E-state index in [9.17, 15) is 5.11 Å². The molecule has 16 heavy (non-hydrogen) atoms. The summed E-state index contributed by atoms with van der Waals surface area (Å²) in [4.78, 5) is 2.07. The molecule has 0 aromatic carbocycles. The van der Waals surface area contributed by atoms with Gasteiger partial charge in [0.2, 0.25) is 0 Å². The highest BCUT2D eigenvalue weighted by molar-refractivity contribution is 4.69. The lowest BCUT2D eigenvalue weighted by Crippen LogP contribution is -2.38. The van der Waals surface area contributed by atoms with E-state index >= 15 is 0 Å². The van der Waals surface area contributed by atoms with Crippen LogP contribution in [0.2, 0.25) is 0 Å². The third kappa shape index (κ3) is 6.43. The van der Waals surface area contributed by atoms with Gasteiger partial charge in [0.1, 0.15) is 0 Å². The number of likely N-dealkylation sites (N-methyl/N-ethyl adjacent to an activating group) is 1. The number of rotatable bonds is 6. The zero-order valence-electron chi connectivity index (χ0n) is 10.7. The van der Waals surface area contributed by atoms with Crippen molar-refractivity contribution in [3.05, 3.63) is 0 Å². The highest BCUT2D eigenvalue weighted by atomic mass is 16.7. The predicted octanol–water partition coefficient (Wildman–Crippen LogP) is 1.23. The summed E-state index contributed by atoms with van der Waals surface area (Å²) in [5.41, 5.74) is -0.643. The van der Waals surface area contributed by atoms with Crippen LogP contribution in [0.3, 0.4) is 0 Å². The summed E-state index contributed by atoms with van der Waals surface area (Å²) in [5, 5.41) is 9.63. The van der Waals surface area contributed by atoms with E-state index in [2.05, 4.69) is 4.90 Å². The maximum Gasteiger partial charge on any atom is 0.157 e. The SMILES string of the molecule is CN(CCOC1CCCCO1)CC(C)(C)O. The van der Waals surface area contributed by atoms with E-state index in [0.29, 0.717) is 13.2 Å². The van der Waals surface area contributed by atoms with Gasteiger partial charge in [0.05, 0.1) is 12.2 Å². The van der Waals surface area contributed by atoms with Crippen molar-refractivity contribution < 1.29 is 14.6 Å². The lowest BCUT2D eigenvalue weighted by atomic mass is 10.1. The molecule has 0 aromatic rings. The molecule has 1 fully saturated rings. The van der Waals surface area contributed by atoms with Gasteiger partial charge < -0.3 is 19.5 Å². The minimum atomic E-state index is -0.643. The van der Waals surface area contributed by atoms with Crippen LogP contribution in [0.15, 0.2) is 0 Å². The molecule has 1 heterocycles. The molecule has 1 N–H and O–H groups in total. The summed E-state index contributed by atoms with van der Waals surface area (Å²) in [6.45, 7) is 6.59. The van der Waals surface area contributed by atoms with Crippen LogP contribution in [0.5, 0.6) is 0 Å². The summed E-state index contributed by atoms with van der Waals surface area (Å²) < 4.78 is 11.1. The lowest BCUT2D eigenvalue weighted by Gasteiger charge is -2.27. The van der Waals surface area contributed by atoms with Gasteiger partial charge in [-0.3, -0.25) is 0 Å². The Morgan fingerprint density at radius 3 is 2.75 bits per heavy atom. The van der Waals surface area contributed by atoms with E-state index in [0.717, 1.165) is 26.0 Å². The quantitative estimate of drug-likeness (QED) is 0.746. The fraction of sp³-hybridized carbons (Fsp3) is 1.00. The molecule has 1 atom stereocenters. The molecule has 4 nitrogen and oxygen atoms in total. The second-order valence-electron chi connectivity index (χ2n) is 5.22. The average molecular weight is 231 g/mol. The number of nitrogens with zero attached hydrogens (tertiary/aromatic N) is 1. The highest BCUT2D eigenvalue weighted by Crippen LogP contribution is 2.13. The van der Waals surface area contributed by atoms with E-state index in [1.807, 2.05) is 20.9 Å². The summed E-state index contributed by atoms with van der Waals surface area (Å²) in [6.07, 6.45) is 3.35. The van der Waals surface area contributed by atoms with Crippen molar-refractivity contribution in [3.63, 3.8) is 0 Å². The largest absolute Gasteiger partial charge is 0.389 e. The third-order valence-electron chi connectivity index (χ3n) is 2.57. The molecular weight excluding hydrogens is 206 g/mol. The maximum atomic E-state index is 9.63. The van der Waals surface area contributed by atoms with E-state index < -0.39 is 5.60 Å². The van der Waals surface area contributed by atoms with Crippen LogP contribution in [-0.4, -0.2) is 55.2 Å². The van der Waals surface area contributed by atoms with E-state index in [1.165, 1.54) is 6.42 Å². The van der Waals surface area contributed by atoms with Crippen LogP contribution in [0.4, 0.5) is 0 Å².